The highest BCUT2D eigenvalue weighted by Crippen LogP contribution is 2.37. The van der Waals surface area contributed by atoms with Gasteiger partial charge >= 0.3 is 6.03 Å². The highest BCUT2D eigenvalue weighted by molar-refractivity contribution is 7.90. The first-order valence-electron chi connectivity index (χ1n) is 11.6. The lowest BCUT2D eigenvalue weighted by Gasteiger charge is -2.35. The number of aryl methyl sites for hydroxylation is 1. The molecule has 2 aliphatic rings. The van der Waals surface area contributed by atoms with Crippen molar-refractivity contribution in [3.05, 3.63) is 54.6 Å². The van der Waals surface area contributed by atoms with Crippen LogP contribution in [0.25, 0.3) is 22.1 Å². The van der Waals surface area contributed by atoms with Crippen LogP contribution in [0.15, 0.2) is 53.7 Å². The molecule has 1 aliphatic carbocycles. The molecule has 9 nitrogen and oxygen atoms in total. The molecule has 0 spiro atoms. The van der Waals surface area contributed by atoms with Crippen LogP contribution in [0.1, 0.15) is 37.5 Å². The van der Waals surface area contributed by atoms with Crippen molar-refractivity contribution in [1.29, 1.82) is 0 Å². The zero-order valence-electron chi connectivity index (χ0n) is 18.9. The molecule has 1 saturated carbocycles. The van der Waals surface area contributed by atoms with E-state index in [9.17, 15) is 13.2 Å². The van der Waals surface area contributed by atoms with Gasteiger partial charge in [0.15, 0.2) is 5.65 Å². The number of imidazole rings is 1. The minimum atomic E-state index is -3.76. The van der Waals surface area contributed by atoms with E-state index in [4.69, 9.17) is 4.98 Å². The summed E-state index contributed by atoms with van der Waals surface area (Å²) in [6, 6.07) is 10.8. The monoisotopic (exact) mass is 478 g/mol. The van der Waals surface area contributed by atoms with E-state index in [0.717, 1.165) is 61.0 Å². The van der Waals surface area contributed by atoms with Crippen molar-refractivity contribution in [3.63, 3.8) is 0 Å². The molecule has 4 aromatic rings. The summed E-state index contributed by atoms with van der Waals surface area (Å²) in [6.07, 6.45) is 7.00. The van der Waals surface area contributed by atoms with Crippen LogP contribution in [0, 0.1) is 6.92 Å². The minimum absolute atomic E-state index is 0.0430. The van der Waals surface area contributed by atoms with Crippen LogP contribution < -0.4 is 5.32 Å². The van der Waals surface area contributed by atoms with Gasteiger partial charge in [-0.05, 0) is 50.8 Å². The number of carbonyl (C=O) groups excluding carboxylic acids is 1. The number of nitrogens with one attached hydrogen (secondary N) is 1. The van der Waals surface area contributed by atoms with Gasteiger partial charge in [0, 0.05) is 36.8 Å². The third-order valence-corrected chi connectivity index (χ3v) is 8.85. The molecular weight excluding hydrogens is 452 g/mol. The molecule has 3 aromatic heterocycles. The standard InChI is InChI=1S/C24H26N6O3S/c1-16-27-21-15-26-23-20(11-13-29(23)34(32,33)19-5-3-2-4-6-19)22(21)30(16)18-9-7-17(8-10-18)28-14-12-25-24(28)31/h2-6,11,13,15,17-18H,7-10,12,14H2,1H3,(H,25,31). The third kappa shape index (κ3) is 3.19. The number of pyridine rings is 1. The Kier molecular flexibility index (Phi) is 4.87. The van der Waals surface area contributed by atoms with Gasteiger partial charge in [0.25, 0.3) is 10.0 Å². The summed E-state index contributed by atoms with van der Waals surface area (Å²) in [7, 11) is -3.76. The van der Waals surface area contributed by atoms with Crippen molar-refractivity contribution in [1.82, 2.24) is 28.7 Å². The van der Waals surface area contributed by atoms with Crippen LogP contribution in [0.2, 0.25) is 0 Å². The second kappa shape index (κ2) is 7.83. The summed E-state index contributed by atoms with van der Waals surface area (Å²) < 4.78 is 30.1. The predicted molar refractivity (Wildman–Crippen MR) is 128 cm³/mol. The highest BCUT2D eigenvalue weighted by atomic mass is 32.2. The van der Waals surface area contributed by atoms with Crippen LogP contribution in [0.3, 0.4) is 0 Å². The van der Waals surface area contributed by atoms with Crippen LogP contribution in [0.5, 0.6) is 0 Å². The molecule has 10 heteroatoms. The van der Waals surface area contributed by atoms with E-state index in [-0.39, 0.29) is 23.0 Å². The second-order valence-electron chi connectivity index (χ2n) is 9.08. The van der Waals surface area contributed by atoms with Gasteiger partial charge in [-0.2, -0.15) is 0 Å². The van der Waals surface area contributed by atoms with Crippen molar-refractivity contribution in [2.24, 2.45) is 0 Å². The predicted octanol–water partition coefficient (Wildman–Crippen LogP) is 3.44. The van der Waals surface area contributed by atoms with E-state index in [2.05, 4.69) is 14.9 Å². The Bertz CT molecular complexity index is 1500. The van der Waals surface area contributed by atoms with Gasteiger partial charge in [-0.3, -0.25) is 0 Å². The van der Waals surface area contributed by atoms with Crippen molar-refractivity contribution < 1.29 is 13.2 Å². The second-order valence-corrected chi connectivity index (χ2v) is 10.9. The van der Waals surface area contributed by atoms with Crippen molar-refractivity contribution >= 4 is 38.1 Å². The topological polar surface area (TPSA) is 102 Å². The summed E-state index contributed by atoms with van der Waals surface area (Å²) in [4.78, 5) is 23.5. The molecule has 0 radical (unpaired) electrons. The van der Waals surface area contributed by atoms with Gasteiger partial charge in [-0.15, -0.1) is 0 Å². The van der Waals surface area contributed by atoms with E-state index >= 15 is 0 Å². The maximum Gasteiger partial charge on any atom is 0.317 e. The average Bonchev–Trinajstić information content (AvgIpc) is 3.55. The molecule has 34 heavy (non-hydrogen) atoms. The molecule has 0 atom stereocenters. The fourth-order valence-electron chi connectivity index (χ4n) is 5.57. The molecule has 1 aromatic carbocycles. The van der Waals surface area contributed by atoms with Gasteiger partial charge < -0.3 is 14.8 Å². The molecule has 4 heterocycles. The Balaban J connectivity index is 1.39. The fourth-order valence-corrected chi connectivity index (χ4v) is 6.90. The Morgan fingerprint density at radius 1 is 1.03 bits per heavy atom. The average molecular weight is 479 g/mol. The first kappa shape index (κ1) is 21.2. The minimum Gasteiger partial charge on any atom is -0.336 e. The van der Waals surface area contributed by atoms with Crippen molar-refractivity contribution in [2.45, 2.75) is 49.6 Å². The Morgan fingerprint density at radius 3 is 2.47 bits per heavy atom. The number of carbonyl (C=O) groups is 1. The molecular formula is C24H26N6O3S. The van der Waals surface area contributed by atoms with Crippen molar-refractivity contribution in [3.8, 4) is 0 Å². The largest absolute Gasteiger partial charge is 0.336 e. The molecule has 2 fully saturated rings. The number of amides is 2. The highest BCUT2D eigenvalue weighted by Gasteiger charge is 2.33. The number of nitrogens with zero attached hydrogens (tertiary/aromatic N) is 5. The van der Waals surface area contributed by atoms with Crippen LogP contribution >= 0.6 is 0 Å². The summed E-state index contributed by atoms with van der Waals surface area (Å²) in [5.74, 6) is 0.894. The lowest BCUT2D eigenvalue weighted by molar-refractivity contribution is 0.166. The molecule has 1 saturated heterocycles. The number of urea groups is 1. The Hall–Kier alpha value is -3.40. The number of fused-ring (bicyclic) bond motifs is 3. The summed E-state index contributed by atoms with van der Waals surface area (Å²) >= 11 is 0. The summed E-state index contributed by atoms with van der Waals surface area (Å²) in [5, 5.41) is 3.68. The van der Waals surface area contributed by atoms with Gasteiger partial charge in [0.05, 0.1) is 16.6 Å². The van der Waals surface area contributed by atoms with Gasteiger partial charge in [0.1, 0.15) is 11.3 Å². The number of aromatic nitrogens is 4. The molecule has 0 unspecified atom stereocenters. The summed E-state index contributed by atoms with van der Waals surface area (Å²) in [5.41, 5.74) is 2.09. The lowest BCUT2D eigenvalue weighted by Crippen LogP contribution is -2.40. The van der Waals surface area contributed by atoms with Crippen LogP contribution in [-0.2, 0) is 10.0 Å². The number of hydrogen-bond donors (Lipinski definition) is 1. The van der Waals surface area contributed by atoms with E-state index in [1.165, 1.54) is 3.97 Å². The lowest BCUT2D eigenvalue weighted by atomic mass is 9.90. The van der Waals surface area contributed by atoms with Gasteiger partial charge in [-0.25, -0.2) is 27.2 Å². The van der Waals surface area contributed by atoms with E-state index in [0.29, 0.717) is 5.65 Å². The molecule has 1 aliphatic heterocycles. The van der Waals surface area contributed by atoms with E-state index < -0.39 is 10.0 Å². The molecule has 1 N–H and O–H groups in total. The maximum absolute atomic E-state index is 13.3. The third-order valence-electron chi connectivity index (χ3n) is 7.17. The SMILES string of the molecule is Cc1nc2cnc3c(ccn3S(=O)(=O)c3ccccc3)c2n1C1CCC(N2CCNC2=O)CC1. The first-order valence-corrected chi connectivity index (χ1v) is 13.1. The normalized spacial score (nSPS) is 21.4. The van der Waals surface area contributed by atoms with Gasteiger partial charge in [-0.1, -0.05) is 18.2 Å². The molecule has 0 bridgehead atoms. The molecule has 6 rings (SSSR count). The first-order chi connectivity index (χ1) is 16.4. The Labute approximate surface area is 197 Å². The molecule has 176 valence electrons. The number of rotatable bonds is 4. The zero-order chi connectivity index (χ0) is 23.4. The van der Waals surface area contributed by atoms with Gasteiger partial charge in [0.2, 0.25) is 0 Å². The van der Waals surface area contributed by atoms with E-state index in [1.54, 1.807) is 42.7 Å². The smallest absolute Gasteiger partial charge is 0.317 e. The summed E-state index contributed by atoms with van der Waals surface area (Å²) in [6.45, 7) is 3.48. The number of hydrogen-bond acceptors (Lipinski definition) is 5. The quantitative estimate of drug-likeness (QED) is 0.484. The van der Waals surface area contributed by atoms with Crippen LogP contribution in [0.4, 0.5) is 4.79 Å². The van der Waals surface area contributed by atoms with Crippen molar-refractivity contribution in [2.75, 3.05) is 13.1 Å². The molecule has 2 amide bonds. The maximum atomic E-state index is 13.3. The Morgan fingerprint density at radius 2 is 1.76 bits per heavy atom. The number of benzene rings is 1. The zero-order valence-corrected chi connectivity index (χ0v) is 19.7. The fraction of sp³-hybridized carbons (Fsp3) is 0.375. The van der Waals surface area contributed by atoms with Crippen LogP contribution in [-0.4, -0.2) is 57.0 Å². The van der Waals surface area contributed by atoms with E-state index in [1.807, 2.05) is 17.9 Å².